The Bertz CT molecular complexity index is 1310. The molecule has 5 rings (SSSR count). The van der Waals surface area contributed by atoms with Gasteiger partial charge in [0.2, 0.25) is 5.88 Å². The number of urea groups is 1. The van der Waals surface area contributed by atoms with Gasteiger partial charge in [0.1, 0.15) is 11.3 Å². The molecular formula is C29H32N4O3S. The second-order valence-electron chi connectivity index (χ2n) is 9.34. The zero-order valence-corrected chi connectivity index (χ0v) is 21.7. The van der Waals surface area contributed by atoms with Crippen molar-refractivity contribution >= 4 is 32.5 Å². The molecule has 0 radical (unpaired) electrons. The van der Waals surface area contributed by atoms with Gasteiger partial charge >= 0.3 is 6.03 Å². The highest BCUT2D eigenvalue weighted by Crippen LogP contribution is 2.33. The van der Waals surface area contributed by atoms with Gasteiger partial charge < -0.3 is 20.1 Å². The highest BCUT2D eigenvalue weighted by atomic mass is 32.1. The van der Waals surface area contributed by atoms with E-state index in [-0.39, 0.29) is 0 Å². The molecule has 2 amide bonds. The van der Waals surface area contributed by atoms with Crippen molar-refractivity contribution in [3.63, 3.8) is 0 Å². The fourth-order valence-corrected chi connectivity index (χ4v) is 5.90. The summed E-state index contributed by atoms with van der Waals surface area (Å²) >= 11 is 1.55. The molecule has 8 heteroatoms. The number of unbranched alkanes of at least 4 members (excludes halogenated alkanes) is 1. The first-order valence-electron chi connectivity index (χ1n) is 12.7. The average molecular weight is 517 g/mol. The Hall–Kier alpha value is -3.67. The van der Waals surface area contributed by atoms with Gasteiger partial charge in [-0.15, -0.1) is 17.8 Å². The van der Waals surface area contributed by atoms with E-state index in [1.807, 2.05) is 24.3 Å². The molecule has 0 atom stereocenters. The summed E-state index contributed by atoms with van der Waals surface area (Å²) in [5.74, 6) is 4.24. The number of ether oxygens (including phenoxy) is 2. The standard InChI is InChI=1S/C29H32N4O3S/c1-2-22-10-11-24-19-28(37-26(24)18-22)33(29(30)34)13-7-6-12-31-14-16-32(17-15-31)27-21-35-20-25(36-27)23-8-4-3-5-9-23/h1,3-4,8,10-11,18-21H,5-7,9,12-17H2,(H2,30,34). The molecule has 1 saturated heterocycles. The molecule has 0 bridgehead atoms. The zero-order valence-electron chi connectivity index (χ0n) is 20.9. The van der Waals surface area contributed by atoms with E-state index in [2.05, 4.69) is 33.9 Å². The summed E-state index contributed by atoms with van der Waals surface area (Å²) in [4.78, 5) is 18.5. The fraction of sp³-hybridized carbons (Fsp3) is 0.345. The summed E-state index contributed by atoms with van der Waals surface area (Å²) in [6.07, 6.45) is 19.1. The maximum Gasteiger partial charge on any atom is 0.319 e. The second-order valence-corrected chi connectivity index (χ2v) is 10.4. The van der Waals surface area contributed by atoms with Crippen LogP contribution in [-0.4, -0.2) is 55.1 Å². The molecular weight excluding hydrogens is 484 g/mol. The molecule has 0 spiro atoms. The number of rotatable bonds is 8. The smallest absolute Gasteiger partial charge is 0.319 e. The van der Waals surface area contributed by atoms with Gasteiger partial charge in [-0.1, -0.05) is 30.2 Å². The monoisotopic (exact) mass is 516 g/mol. The highest BCUT2D eigenvalue weighted by molar-refractivity contribution is 7.23. The van der Waals surface area contributed by atoms with E-state index in [0.717, 1.165) is 90.7 Å². The maximum absolute atomic E-state index is 12.2. The van der Waals surface area contributed by atoms with Crippen LogP contribution in [0.1, 0.15) is 31.2 Å². The lowest BCUT2D eigenvalue weighted by Gasteiger charge is -2.37. The Kier molecular flexibility index (Phi) is 7.83. The van der Waals surface area contributed by atoms with E-state index in [1.165, 1.54) is 5.57 Å². The molecule has 192 valence electrons. The van der Waals surface area contributed by atoms with Gasteiger partial charge in [0, 0.05) is 43.0 Å². The Labute approximate surface area is 222 Å². The van der Waals surface area contributed by atoms with Crippen molar-refractivity contribution in [2.45, 2.75) is 25.7 Å². The van der Waals surface area contributed by atoms with Crippen LogP contribution in [0.25, 0.3) is 10.1 Å². The lowest BCUT2D eigenvalue weighted by atomic mass is 10.0. The largest absolute Gasteiger partial charge is 0.463 e. The topological polar surface area (TPSA) is 71.3 Å². The summed E-state index contributed by atoms with van der Waals surface area (Å²) in [5.41, 5.74) is 7.73. The van der Waals surface area contributed by atoms with Crippen LogP contribution in [0.5, 0.6) is 0 Å². The number of primary amides is 1. The first-order valence-corrected chi connectivity index (χ1v) is 13.6. The summed E-state index contributed by atoms with van der Waals surface area (Å²) in [7, 11) is 0. The highest BCUT2D eigenvalue weighted by Gasteiger charge is 2.24. The predicted octanol–water partition coefficient (Wildman–Crippen LogP) is 5.13. The minimum atomic E-state index is -0.422. The molecule has 37 heavy (non-hydrogen) atoms. The molecule has 0 unspecified atom stereocenters. The number of thiophene rings is 1. The summed E-state index contributed by atoms with van der Waals surface area (Å²) in [6, 6.07) is 7.47. The van der Waals surface area contributed by atoms with Gasteiger partial charge in [-0.25, -0.2) is 4.79 Å². The Morgan fingerprint density at radius 2 is 2.03 bits per heavy atom. The van der Waals surface area contributed by atoms with Gasteiger partial charge in [0.05, 0.1) is 0 Å². The molecule has 2 aliphatic heterocycles. The van der Waals surface area contributed by atoms with Crippen LogP contribution in [-0.2, 0) is 9.47 Å². The summed E-state index contributed by atoms with van der Waals surface area (Å²) < 4.78 is 12.8. The number of nitrogens with zero attached hydrogens (tertiary/aromatic N) is 3. The third kappa shape index (κ3) is 6.01. The number of benzene rings is 1. The number of fused-ring (bicyclic) bond motifs is 1. The molecule has 2 N–H and O–H groups in total. The van der Waals surface area contributed by atoms with E-state index in [0.29, 0.717) is 6.54 Å². The van der Waals surface area contributed by atoms with Crippen LogP contribution >= 0.6 is 11.3 Å². The van der Waals surface area contributed by atoms with E-state index < -0.39 is 6.03 Å². The van der Waals surface area contributed by atoms with Crippen molar-refractivity contribution in [1.29, 1.82) is 0 Å². The van der Waals surface area contributed by atoms with Crippen molar-refractivity contribution < 1.29 is 14.3 Å². The molecule has 1 aromatic heterocycles. The fourth-order valence-electron chi connectivity index (χ4n) is 4.77. The number of nitrogens with two attached hydrogens (primary N) is 1. The number of carbonyl (C=O) groups excluding carboxylic acids is 1. The maximum atomic E-state index is 12.2. The van der Waals surface area contributed by atoms with Gasteiger partial charge in [0.25, 0.3) is 0 Å². The van der Waals surface area contributed by atoms with Crippen molar-refractivity contribution in [2.75, 3.05) is 44.2 Å². The van der Waals surface area contributed by atoms with Crippen LogP contribution in [0, 0.1) is 12.3 Å². The Morgan fingerprint density at radius 1 is 1.16 bits per heavy atom. The van der Waals surface area contributed by atoms with Crippen molar-refractivity contribution in [1.82, 2.24) is 9.80 Å². The number of amides is 2. The van der Waals surface area contributed by atoms with E-state index >= 15 is 0 Å². The van der Waals surface area contributed by atoms with Crippen molar-refractivity contribution in [3.8, 4) is 12.3 Å². The molecule has 1 aliphatic carbocycles. The zero-order chi connectivity index (χ0) is 25.6. The Balaban J connectivity index is 1.07. The third-order valence-corrected chi connectivity index (χ3v) is 8.01. The van der Waals surface area contributed by atoms with Gasteiger partial charge in [0.15, 0.2) is 12.0 Å². The average Bonchev–Trinajstić information content (AvgIpc) is 3.36. The lowest BCUT2D eigenvalue weighted by Crippen LogP contribution is -2.46. The first-order chi connectivity index (χ1) is 18.1. The number of hydrogen-bond acceptors (Lipinski definition) is 6. The van der Waals surface area contributed by atoms with Gasteiger partial charge in [-0.2, -0.15) is 0 Å². The van der Waals surface area contributed by atoms with Crippen LogP contribution in [0.4, 0.5) is 9.80 Å². The molecule has 1 fully saturated rings. The molecule has 0 saturated carbocycles. The second kappa shape index (κ2) is 11.6. The number of piperazine rings is 1. The number of hydrogen-bond donors (Lipinski definition) is 1. The third-order valence-electron chi connectivity index (χ3n) is 6.88. The SMILES string of the molecule is C#Cc1ccc2cc(N(CCCCN3CCN(C4=COC=C(C5=CC=CCC5)O4)CC3)C(N)=O)sc2c1. The number of allylic oxidation sites excluding steroid dienone is 4. The van der Waals surface area contributed by atoms with E-state index in [9.17, 15) is 4.79 Å². The number of anilines is 1. The summed E-state index contributed by atoms with van der Waals surface area (Å²) in [6.45, 7) is 5.27. The van der Waals surface area contributed by atoms with E-state index in [4.69, 9.17) is 21.6 Å². The lowest BCUT2D eigenvalue weighted by molar-refractivity contribution is 0.0787. The number of carbonyl (C=O) groups is 1. The first kappa shape index (κ1) is 25.0. The predicted molar refractivity (Wildman–Crippen MR) is 149 cm³/mol. The van der Waals surface area contributed by atoms with Crippen LogP contribution < -0.4 is 10.6 Å². The molecule has 1 aromatic carbocycles. The Morgan fingerprint density at radius 3 is 2.78 bits per heavy atom. The summed E-state index contributed by atoms with van der Waals surface area (Å²) in [5, 5.41) is 1.93. The number of terminal acetylenes is 1. The van der Waals surface area contributed by atoms with Gasteiger partial charge in [-0.3, -0.25) is 9.80 Å². The van der Waals surface area contributed by atoms with Gasteiger partial charge in [-0.05, 0) is 61.4 Å². The molecule has 3 heterocycles. The van der Waals surface area contributed by atoms with Crippen molar-refractivity contribution in [2.24, 2.45) is 5.73 Å². The minimum Gasteiger partial charge on any atom is -0.463 e. The minimum absolute atomic E-state index is 0.422. The quantitative estimate of drug-likeness (QED) is 0.389. The van der Waals surface area contributed by atoms with E-state index in [1.54, 1.807) is 28.8 Å². The van der Waals surface area contributed by atoms with Crippen LogP contribution in [0.2, 0.25) is 0 Å². The molecule has 7 nitrogen and oxygen atoms in total. The molecule has 3 aliphatic rings. The molecule has 2 aromatic rings. The van der Waals surface area contributed by atoms with Crippen LogP contribution in [0.3, 0.4) is 0 Å². The van der Waals surface area contributed by atoms with Crippen LogP contribution in [0.15, 0.2) is 72.2 Å². The van der Waals surface area contributed by atoms with Crippen molar-refractivity contribution in [3.05, 3.63) is 77.8 Å². The normalized spacial score (nSPS) is 17.8.